The van der Waals surface area contributed by atoms with Crippen LogP contribution in [-0.2, 0) is 13.2 Å². The van der Waals surface area contributed by atoms with Gasteiger partial charge in [-0.15, -0.1) is 0 Å². The molecule has 0 fully saturated rings. The van der Waals surface area contributed by atoms with Gasteiger partial charge in [0.1, 0.15) is 23.1 Å². The maximum Gasteiger partial charge on any atom is 0.292 e. The summed E-state index contributed by atoms with van der Waals surface area (Å²) in [5, 5.41) is 7.98. The van der Waals surface area contributed by atoms with E-state index in [9.17, 15) is 4.79 Å². The SMILES string of the molecule is O=C(Nc1nn(Cc2ccc(Cl)cc2)cc1Cl)c1ccc(COc2ccc3c(c2)OCO3)o1. The number of hydrogen-bond donors (Lipinski definition) is 1. The molecule has 1 N–H and O–H groups in total. The number of hydrogen-bond acceptors (Lipinski definition) is 6. The Hall–Kier alpha value is -3.62. The van der Waals surface area contributed by atoms with Gasteiger partial charge in [0.2, 0.25) is 6.79 Å². The molecule has 0 aliphatic carbocycles. The van der Waals surface area contributed by atoms with E-state index in [1.807, 2.05) is 12.1 Å². The number of carbonyl (C=O) groups is 1. The van der Waals surface area contributed by atoms with E-state index in [1.54, 1.807) is 53.3 Å². The third-order valence-corrected chi connectivity index (χ3v) is 5.35. The van der Waals surface area contributed by atoms with Crippen molar-refractivity contribution >= 4 is 34.9 Å². The minimum atomic E-state index is -0.469. The summed E-state index contributed by atoms with van der Waals surface area (Å²) in [7, 11) is 0. The Morgan fingerprint density at radius 1 is 1.06 bits per heavy atom. The Bertz CT molecular complexity index is 1300. The predicted octanol–water partition coefficient (Wildman–Crippen LogP) is 5.39. The number of ether oxygens (including phenoxy) is 3. The Morgan fingerprint density at radius 3 is 2.73 bits per heavy atom. The number of halogens is 2. The van der Waals surface area contributed by atoms with E-state index in [1.165, 1.54) is 0 Å². The van der Waals surface area contributed by atoms with Gasteiger partial charge in [-0.1, -0.05) is 35.3 Å². The number of fused-ring (bicyclic) bond motifs is 1. The van der Waals surface area contributed by atoms with E-state index in [2.05, 4.69) is 10.4 Å². The first-order valence-corrected chi connectivity index (χ1v) is 10.7. The molecule has 0 saturated carbocycles. The minimum absolute atomic E-state index is 0.114. The zero-order valence-corrected chi connectivity index (χ0v) is 18.6. The molecule has 0 saturated heterocycles. The number of rotatable bonds is 7. The highest BCUT2D eigenvalue weighted by Crippen LogP contribution is 2.35. The number of benzene rings is 2. The molecule has 4 aromatic rings. The van der Waals surface area contributed by atoms with Gasteiger partial charge in [0.15, 0.2) is 23.1 Å². The van der Waals surface area contributed by atoms with Gasteiger partial charge in [-0.3, -0.25) is 9.48 Å². The van der Waals surface area contributed by atoms with E-state index in [0.29, 0.717) is 39.6 Å². The van der Waals surface area contributed by atoms with Crippen LogP contribution in [0.2, 0.25) is 10.0 Å². The molecule has 10 heteroatoms. The van der Waals surface area contributed by atoms with E-state index < -0.39 is 5.91 Å². The average molecular weight is 486 g/mol. The molecule has 0 unspecified atom stereocenters. The van der Waals surface area contributed by atoms with E-state index >= 15 is 0 Å². The third-order valence-electron chi connectivity index (χ3n) is 4.82. The second-order valence-electron chi connectivity index (χ2n) is 7.17. The summed E-state index contributed by atoms with van der Waals surface area (Å²) in [5.41, 5.74) is 0.995. The second kappa shape index (κ2) is 9.09. The number of aromatic nitrogens is 2. The Morgan fingerprint density at radius 2 is 1.88 bits per heavy atom. The monoisotopic (exact) mass is 485 g/mol. The maximum atomic E-state index is 12.6. The second-order valence-corrected chi connectivity index (χ2v) is 8.02. The number of amides is 1. The zero-order valence-electron chi connectivity index (χ0n) is 17.1. The molecule has 1 aliphatic rings. The van der Waals surface area contributed by atoms with Gasteiger partial charge < -0.3 is 23.9 Å². The van der Waals surface area contributed by atoms with Crippen LogP contribution in [0.4, 0.5) is 5.82 Å². The fourth-order valence-corrected chi connectivity index (χ4v) is 3.53. The fourth-order valence-electron chi connectivity index (χ4n) is 3.21. The van der Waals surface area contributed by atoms with Crippen LogP contribution in [0.25, 0.3) is 0 Å². The fraction of sp³-hybridized carbons (Fsp3) is 0.130. The minimum Gasteiger partial charge on any atom is -0.486 e. The van der Waals surface area contributed by atoms with Crippen molar-refractivity contribution in [2.24, 2.45) is 0 Å². The van der Waals surface area contributed by atoms with Gasteiger partial charge in [0.25, 0.3) is 5.91 Å². The highest BCUT2D eigenvalue weighted by molar-refractivity contribution is 6.33. The van der Waals surface area contributed by atoms with Crippen molar-refractivity contribution < 1.29 is 23.4 Å². The molecule has 2 aromatic heterocycles. The average Bonchev–Trinajstić information content (AvgIpc) is 3.54. The lowest BCUT2D eigenvalue weighted by molar-refractivity contribution is 0.0992. The quantitative estimate of drug-likeness (QED) is 0.377. The molecule has 1 aliphatic heterocycles. The molecule has 0 radical (unpaired) electrons. The van der Waals surface area contributed by atoms with Gasteiger partial charge in [0, 0.05) is 17.3 Å². The van der Waals surface area contributed by atoms with Gasteiger partial charge in [-0.2, -0.15) is 5.10 Å². The molecule has 1 amide bonds. The number of nitrogens with one attached hydrogen (secondary N) is 1. The standard InChI is InChI=1S/C23H17Cl2N3O5/c24-15-3-1-14(2-4-15)10-28-11-18(25)22(27-28)26-23(29)20-8-6-17(33-20)12-30-16-5-7-19-21(9-16)32-13-31-19/h1-9,11H,10,12-13H2,(H,26,27,29). The normalized spacial score (nSPS) is 12.1. The number of nitrogens with zero attached hydrogens (tertiary/aromatic N) is 2. The molecular weight excluding hydrogens is 469 g/mol. The number of carbonyl (C=O) groups excluding carboxylic acids is 1. The lowest BCUT2D eigenvalue weighted by Gasteiger charge is -2.05. The Labute approximate surface area is 198 Å². The summed E-state index contributed by atoms with van der Waals surface area (Å²) in [6.07, 6.45) is 1.64. The highest BCUT2D eigenvalue weighted by Gasteiger charge is 2.17. The Balaban J connectivity index is 1.19. The van der Waals surface area contributed by atoms with Crippen molar-refractivity contribution in [3.8, 4) is 17.2 Å². The van der Waals surface area contributed by atoms with E-state index in [4.69, 9.17) is 41.8 Å². The van der Waals surface area contributed by atoms with Crippen LogP contribution in [0.15, 0.2) is 65.2 Å². The molecule has 8 nitrogen and oxygen atoms in total. The van der Waals surface area contributed by atoms with E-state index in [-0.39, 0.29) is 25.0 Å². The third kappa shape index (κ3) is 4.92. The zero-order chi connectivity index (χ0) is 22.8. The summed E-state index contributed by atoms with van der Waals surface area (Å²) in [5.74, 6) is 2.26. The van der Waals surface area contributed by atoms with Crippen molar-refractivity contribution in [1.29, 1.82) is 0 Å². The first-order chi connectivity index (χ1) is 16.0. The van der Waals surface area contributed by atoms with Crippen LogP contribution >= 0.6 is 23.2 Å². The summed E-state index contributed by atoms with van der Waals surface area (Å²) >= 11 is 12.2. The van der Waals surface area contributed by atoms with Gasteiger partial charge in [-0.05, 0) is 42.0 Å². The maximum absolute atomic E-state index is 12.6. The molecule has 0 atom stereocenters. The van der Waals surface area contributed by atoms with Crippen LogP contribution in [0.5, 0.6) is 17.2 Å². The summed E-state index contributed by atoms with van der Waals surface area (Å²) < 4.78 is 23.6. The number of furan rings is 1. The van der Waals surface area contributed by atoms with Gasteiger partial charge in [0.05, 0.1) is 6.54 Å². The molecule has 0 spiro atoms. The number of anilines is 1. The van der Waals surface area contributed by atoms with Crippen LogP contribution in [0.1, 0.15) is 21.9 Å². The van der Waals surface area contributed by atoms with Gasteiger partial charge in [-0.25, -0.2) is 0 Å². The molecule has 168 valence electrons. The molecule has 0 bridgehead atoms. The molecular formula is C23H17Cl2N3O5. The molecule has 2 aromatic carbocycles. The molecule has 3 heterocycles. The smallest absolute Gasteiger partial charge is 0.292 e. The molecule has 5 rings (SSSR count). The van der Waals surface area contributed by atoms with Crippen LogP contribution in [0, 0.1) is 0 Å². The summed E-state index contributed by atoms with van der Waals surface area (Å²) in [6, 6.07) is 15.9. The van der Waals surface area contributed by atoms with Crippen LogP contribution in [0.3, 0.4) is 0 Å². The highest BCUT2D eigenvalue weighted by atomic mass is 35.5. The van der Waals surface area contributed by atoms with E-state index in [0.717, 1.165) is 5.56 Å². The topological polar surface area (TPSA) is 87.8 Å². The largest absolute Gasteiger partial charge is 0.486 e. The Kier molecular flexibility index (Phi) is 5.85. The van der Waals surface area contributed by atoms with Crippen molar-refractivity contribution in [2.45, 2.75) is 13.2 Å². The lowest BCUT2D eigenvalue weighted by Crippen LogP contribution is -2.12. The summed E-state index contributed by atoms with van der Waals surface area (Å²) in [4.78, 5) is 12.6. The first kappa shape index (κ1) is 21.2. The van der Waals surface area contributed by atoms with Crippen molar-refractivity contribution in [2.75, 3.05) is 12.1 Å². The molecule has 33 heavy (non-hydrogen) atoms. The van der Waals surface area contributed by atoms with Crippen molar-refractivity contribution in [3.63, 3.8) is 0 Å². The first-order valence-electron chi connectivity index (χ1n) is 9.93. The lowest BCUT2D eigenvalue weighted by atomic mass is 10.2. The predicted molar refractivity (Wildman–Crippen MR) is 121 cm³/mol. The van der Waals surface area contributed by atoms with Crippen LogP contribution < -0.4 is 19.5 Å². The van der Waals surface area contributed by atoms with Crippen LogP contribution in [-0.4, -0.2) is 22.5 Å². The van der Waals surface area contributed by atoms with Crippen molar-refractivity contribution in [3.05, 3.63) is 87.9 Å². The summed E-state index contributed by atoms with van der Waals surface area (Å²) in [6.45, 7) is 0.817. The van der Waals surface area contributed by atoms with Gasteiger partial charge >= 0.3 is 0 Å². The van der Waals surface area contributed by atoms with Crippen molar-refractivity contribution in [1.82, 2.24) is 9.78 Å².